The number of halogens is 1. The first-order valence-corrected chi connectivity index (χ1v) is 9.34. The van der Waals surface area contributed by atoms with E-state index in [9.17, 15) is 4.39 Å². The quantitative estimate of drug-likeness (QED) is 0.444. The third kappa shape index (κ3) is 3.78. The van der Waals surface area contributed by atoms with Gasteiger partial charge >= 0.3 is 0 Å². The van der Waals surface area contributed by atoms with Gasteiger partial charge in [-0.1, -0.05) is 35.5 Å². The molecule has 0 fully saturated rings. The molecule has 0 spiro atoms. The minimum atomic E-state index is -0.287. The lowest BCUT2D eigenvalue weighted by molar-refractivity contribution is 0.509. The molecule has 2 aromatic heterocycles. The molecule has 7 heteroatoms. The Hall–Kier alpha value is -2.93. The number of nitrogens with zero attached hydrogens (tertiary/aromatic N) is 4. The fourth-order valence-electron chi connectivity index (χ4n) is 2.62. The SMILES string of the molecule is Cc1ccc(-c2nnc(C(C)Sc3nccn3-c3cccc(F)c3)o2)cc1. The van der Waals surface area contributed by atoms with E-state index in [-0.39, 0.29) is 11.1 Å². The molecule has 0 aliphatic rings. The van der Waals surface area contributed by atoms with E-state index in [4.69, 9.17) is 4.42 Å². The summed E-state index contributed by atoms with van der Waals surface area (Å²) < 4.78 is 21.2. The van der Waals surface area contributed by atoms with Crippen molar-refractivity contribution in [2.24, 2.45) is 0 Å². The van der Waals surface area contributed by atoms with E-state index < -0.39 is 0 Å². The number of thioether (sulfide) groups is 1. The van der Waals surface area contributed by atoms with Gasteiger partial charge in [-0.3, -0.25) is 4.57 Å². The zero-order valence-electron chi connectivity index (χ0n) is 14.8. The first-order chi connectivity index (χ1) is 13.1. The van der Waals surface area contributed by atoms with Crippen LogP contribution in [0.4, 0.5) is 4.39 Å². The lowest BCUT2D eigenvalue weighted by Crippen LogP contribution is -1.98. The normalized spacial score (nSPS) is 12.3. The molecule has 0 aliphatic heterocycles. The second kappa shape index (κ2) is 7.36. The highest BCUT2D eigenvalue weighted by molar-refractivity contribution is 7.99. The Morgan fingerprint density at radius 2 is 1.93 bits per heavy atom. The fraction of sp³-hybridized carbons (Fsp3) is 0.150. The van der Waals surface area contributed by atoms with E-state index >= 15 is 0 Å². The largest absolute Gasteiger partial charge is 0.419 e. The Kier molecular flexibility index (Phi) is 4.77. The molecule has 0 amide bonds. The highest BCUT2D eigenvalue weighted by Crippen LogP contribution is 2.35. The van der Waals surface area contributed by atoms with Gasteiger partial charge in [0.2, 0.25) is 11.8 Å². The molecule has 2 aromatic carbocycles. The summed E-state index contributed by atoms with van der Waals surface area (Å²) in [6, 6.07) is 14.3. The van der Waals surface area contributed by atoms with Crippen LogP contribution in [0.15, 0.2) is 70.5 Å². The average Bonchev–Trinajstić information content (AvgIpc) is 3.32. The first-order valence-electron chi connectivity index (χ1n) is 8.46. The van der Waals surface area contributed by atoms with Gasteiger partial charge in [0.1, 0.15) is 5.82 Å². The molecule has 1 atom stereocenters. The van der Waals surface area contributed by atoms with Gasteiger partial charge in [-0.05, 0) is 44.2 Å². The van der Waals surface area contributed by atoms with E-state index in [1.54, 1.807) is 18.5 Å². The van der Waals surface area contributed by atoms with E-state index in [0.29, 0.717) is 17.5 Å². The van der Waals surface area contributed by atoms with Crippen LogP contribution in [-0.2, 0) is 0 Å². The van der Waals surface area contributed by atoms with Crippen LogP contribution in [0.2, 0.25) is 0 Å². The van der Waals surface area contributed by atoms with Crippen molar-refractivity contribution >= 4 is 11.8 Å². The van der Waals surface area contributed by atoms with E-state index in [1.165, 1.54) is 29.5 Å². The number of benzene rings is 2. The number of imidazole rings is 1. The van der Waals surface area contributed by atoms with Gasteiger partial charge < -0.3 is 4.42 Å². The van der Waals surface area contributed by atoms with Gasteiger partial charge in [0.15, 0.2) is 5.16 Å². The minimum Gasteiger partial charge on any atom is -0.419 e. The molecule has 0 N–H and O–H groups in total. The Morgan fingerprint density at radius 3 is 2.70 bits per heavy atom. The van der Waals surface area contributed by atoms with Crippen LogP contribution in [0.1, 0.15) is 23.6 Å². The van der Waals surface area contributed by atoms with Crippen LogP contribution in [-0.4, -0.2) is 19.7 Å². The molecule has 136 valence electrons. The standard InChI is InChI=1S/C20H17FN4OS/c1-13-6-8-15(9-7-13)19-24-23-18(26-19)14(2)27-20-22-10-11-25(20)17-5-3-4-16(21)12-17/h3-12,14H,1-2H3. The summed E-state index contributed by atoms with van der Waals surface area (Å²) in [5, 5.41) is 8.95. The average molecular weight is 380 g/mol. The van der Waals surface area contributed by atoms with Gasteiger partial charge in [0.05, 0.1) is 10.9 Å². The molecule has 0 saturated carbocycles. The molecule has 4 aromatic rings. The summed E-state index contributed by atoms with van der Waals surface area (Å²) in [4.78, 5) is 4.38. The molecule has 2 heterocycles. The molecule has 4 rings (SSSR count). The van der Waals surface area contributed by atoms with Crippen molar-refractivity contribution in [3.05, 3.63) is 78.2 Å². The van der Waals surface area contributed by atoms with Crippen molar-refractivity contribution < 1.29 is 8.81 Å². The van der Waals surface area contributed by atoms with Crippen LogP contribution in [0, 0.1) is 12.7 Å². The zero-order valence-corrected chi connectivity index (χ0v) is 15.7. The summed E-state index contributed by atoms with van der Waals surface area (Å²) in [5.41, 5.74) is 2.78. The van der Waals surface area contributed by atoms with Crippen molar-refractivity contribution in [3.63, 3.8) is 0 Å². The van der Waals surface area contributed by atoms with Gasteiger partial charge in [-0.15, -0.1) is 10.2 Å². The van der Waals surface area contributed by atoms with Crippen LogP contribution < -0.4 is 0 Å². The Balaban J connectivity index is 1.55. The first kappa shape index (κ1) is 17.5. The Morgan fingerprint density at radius 1 is 1.11 bits per heavy atom. The van der Waals surface area contributed by atoms with Crippen LogP contribution in [0.25, 0.3) is 17.1 Å². The van der Waals surface area contributed by atoms with Crippen molar-refractivity contribution in [1.29, 1.82) is 0 Å². The maximum absolute atomic E-state index is 13.5. The maximum Gasteiger partial charge on any atom is 0.247 e. The van der Waals surface area contributed by atoms with E-state index in [1.807, 2.05) is 48.7 Å². The van der Waals surface area contributed by atoms with Gasteiger partial charge in [0.25, 0.3) is 0 Å². The Bertz CT molecular complexity index is 1060. The zero-order chi connectivity index (χ0) is 18.8. The number of aryl methyl sites for hydroxylation is 1. The minimum absolute atomic E-state index is 0.105. The molecule has 1 unspecified atom stereocenters. The highest BCUT2D eigenvalue weighted by Gasteiger charge is 2.19. The van der Waals surface area contributed by atoms with Gasteiger partial charge in [0, 0.05) is 18.0 Å². The summed E-state index contributed by atoms with van der Waals surface area (Å²) in [6.45, 7) is 4.00. The van der Waals surface area contributed by atoms with Crippen molar-refractivity contribution in [2.45, 2.75) is 24.3 Å². The van der Waals surface area contributed by atoms with E-state index in [0.717, 1.165) is 10.7 Å². The number of rotatable bonds is 5. The molecule has 0 aliphatic carbocycles. The van der Waals surface area contributed by atoms with Crippen molar-refractivity contribution in [1.82, 2.24) is 19.7 Å². The number of hydrogen-bond acceptors (Lipinski definition) is 5. The maximum atomic E-state index is 13.5. The lowest BCUT2D eigenvalue weighted by atomic mass is 10.1. The summed E-state index contributed by atoms with van der Waals surface area (Å²) in [7, 11) is 0. The van der Waals surface area contributed by atoms with Crippen molar-refractivity contribution in [2.75, 3.05) is 0 Å². The second-order valence-electron chi connectivity index (χ2n) is 6.13. The highest BCUT2D eigenvalue weighted by atomic mass is 32.2. The predicted octanol–water partition coefficient (Wildman–Crippen LogP) is 5.22. The molecule has 27 heavy (non-hydrogen) atoms. The predicted molar refractivity (Wildman–Crippen MR) is 102 cm³/mol. The van der Waals surface area contributed by atoms with Gasteiger partial charge in [-0.2, -0.15) is 0 Å². The summed E-state index contributed by atoms with van der Waals surface area (Å²) in [5.74, 6) is 0.722. The summed E-state index contributed by atoms with van der Waals surface area (Å²) >= 11 is 1.47. The summed E-state index contributed by atoms with van der Waals surface area (Å²) in [6.07, 6.45) is 3.49. The van der Waals surface area contributed by atoms with Gasteiger partial charge in [-0.25, -0.2) is 9.37 Å². The molecule has 0 radical (unpaired) electrons. The smallest absolute Gasteiger partial charge is 0.247 e. The molecular formula is C20H17FN4OS. The topological polar surface area (TPSA) is 56.7 Å². The number of aromatic nitrogens is 4. The Labute approximate surface area is 160 Å². The van der Waals surface area contributed by atoms with Crippen LogP contribution in [0.5, 0.6) is 0 Å². The third-order valence-electron chi connectivity index (χ3n) is 4.06. The monoisotopic (exact) mass is 380 g/mol. The van der Waals surface area contributed by atoms with E-state index in [2.05, 4.69) is 15.2 Å². The lowest BCUT2D eigenvalue weighted by Gasteiger charge is -2.10. The molecule has 5 nitrogen and oxygen atoms in total. The van der Waals surface area contributed by atoms with Crippen LogP contribution in [0.3, 0.4) is 0 Å². The molecule has 0 saturated heterocycles. The third-order valence-corrected chi connectivity index (χ3v) is 5.13. The van der Waals surface area contributed by atoms with Crippen molar-refractivity contribution in [3.8, 4) is 17.1 Å². The molecule has 0 bridgehead atoms. The van der Waals surface area contributed by atoms with Crippen LogP contribution >= 0.6 is 11.8 Å². The fourth-order valence-corrected chi connectivity index (χ4v) is 3.53. The molecular weight excluding hydrogens is 363 g/mol. The second-order valence-corrected chi connectivity index (χ2v) is 7.44. The number of hydrogen-bond donors (Lipinski definition) is 0.